The summed E-state index contributed by atoms with van der Waals surface area (Å²) in [5.74, 6) is 1.06. The summed E-state index contributed by atoms with van der Waals surface area (Å²) < 4.78 is 0. The molecule has 0 aliphatic heterocycles. The smallest absolute Gasteiger partial charge is 0.0573 e. The molecule has 0 aliphatic rings. The van der Waals surface area contributed by atoms with Gasteiger partial charge in [-0.2, -0.15) is 0 Å². The number of nitrogens with two attached hydrogens (primary N) is 1. The van der Waals surface area contributed by atoms with Crippen LogP contribution in [0, 0.1) is 11.8 Å². The number of rotatable bonds is 3. The van der Waals surface area contributed by atoms with Gasteiger partial charge < -0.3 is 5.73 Å². The molecule has 1 aromatic rings. The second-order valence-corrected chi connectivity index (χ2v) is 3.88. The van der Waals surface area contributed by atoms with Gasteiger partial charge in [0, 0.05) is 12.2 Å². The van der Waals surface area contributed by atoms with Crippen molar-refractivity contribution in [2.24, 2.45) is 17.6 Å². The van der Waals surface area contributed by atoms with Gasteiger partial charge in [-0.25, -0.2) is 0 Å². The largest absolute Gasteiger partial charge is 0.322 e. The van der Waals surface area contributed by atoms with E-state index in [1.807, 2.05) is 18.2 Å². The van der Waals surface area contributed by atoms with Crippen molar-refractivity contribution < 1.29 is 0 Å². The molecule has 0 amide bonds. The number of pyridine rings is 1. The third-order valence-electron chi connectivity index (χ3n) is 2.65. The quantitative estimate of drug-likeness (QED) is 0.771. The maximum absolute atomic E-state index is 6.08. The fourth-order valence-corrected chi connectivity index (χ4v) is 1.26. The van der Waals surface area contributed by atoms with Crippen molar-refractivity contribution in [3.63, 3.8) is 0 Å². The fourth-order valence-electron chi connectivity index (χ4n) is 1.26. The third-order valence-corrected chi connectivity index (χ3v) is 2.65. The van der Waals surface area contributed by atoms with Crippen LogP contribution in [-0.4, -0.2) is 4.98 Å². The maximum atomic E-state index is 6.08. The summed E-state index contributed by atoms with van der Waals surface area (Å²) in [6.07, 6.45) is 1.79. The summed E-state index contributed by atoms with van der Waals surface area (Å²) in [5, 5.41) is 0. The van der Waals surface area contributed by atoms with Crippen LogP contribution in [0.25, 0.3) is 0 Å². The second kappa shape index (κ2) is 4.38. The summed E-state index contributed by atoms with van der Waals surface area (Å²) in [6, 6.07) is 5.94. The minimum Gasteiger partial charge on any atom is -0.322 e. The Balaban J connectivity index is 2.73. The van der Waals surface area contributed by atoms with Gasteiger partial charge in [-0.05, 0) is 24.0 Å². The topological polar surface area (TPSA) is 38.9 Å². The number of hydrogen-bond acceptors (Lipinski definition) is 2. The predicted octanol–water partition coefficient (Wildman–Crippen LogP) is 2.37. The highest BCUT2D eigenvalue weighted by molar-refractivity contribution is 5.08. The van der Waals surface area contributed by atoms with Crippen LogP contribution in [0.1, 0.15) is 32.5 Å². The summed E-state index contributed by atoms with van der Waals surface area (Å²) in [4.78, 5) is 4.26. The Hall–Kier alpha value is -0.890. The molecule has 2 heteroatoms. The Kier molecular flexibility index (Phi) is 3.43. The zero-order chi connectivity index (χ0) is 9.84. The highest BCUT2D eigenvalue weighted by Gasteiger charge is 2.18. The van der Waals surface area contributed by atoms with Gasteiger partial charge in [0.25, 0.3) is 0 Å². The molecule has 2 N–H and O–H groups in total. The van der Waals surface area contributed by atoms with Gasteiger partial charge in [0.15, 0.2) is 0 Å². The Labute approximate surface area is 80.2 Å². The predicted molar refractivity (Wildman–Crippen MR) is 55.2 cm³/mol. The van der Waals surface area contributed by atoms with Crippen molar-refractivity contribution in [1.82, 2.24) is 4.98 Å². The molecule has 72 valence electrons. The summed E-state index contributed by atoms with van der Waals surface area (Å²) in [7, 11) is 0. The zero-order valence-corrected chi connectivity index (χ0v) is 8.57. The highest BCUT2D eigenvalue weighted by atomic mass is 14.8. The summed E-state index contributed by atoms with van der Waals surface area (Å²) in [5.41, 5.74) is 7.07. The van der Waals surface area contributed by atoms with E-state index in [2.05, 4.69) is 25.8 Å². The van der Waals surface area contributed by atoms with Gasteiger partial charge in [-0.3, -0.25) is 4.98 Å². The first kappa shape index (κ1) is 10.2. The lowest BCUT2D eigenvalue weighted by atomic mass is 9.89. The molecule has 13 heavy (non-hydrogen) atoms. The van der Waals surface area contributed by atoms with Crippen LogP contribution in [0.2, 0.25) is 0 Å². The van der Waals surface area contributed by atoms with Crippen LogP contribution < -0.4 is 5.73 Å². The molecule has 0 radical (unpaired) electrons. The number of aromatic nitrogens is 1. The van der Waals surface area contributed by atoms with Crippen LogP contribution in [0.4, 0.5) is 0 Å². The van der Waals surface area contributed by atoms with E-state index in [1.54, 1.807) is 6.20 Å². The van der Waals surface area contributed by atoms with Crippen molar-refractivity contribution in [3.8, 4) is 0 Å². The standard InChI is InChI=1S/C11H18N2/c1-8(2)9(3)11(12)10-6-4-5-7-13-10/h4-9,11H,12H2,1-3H3. The van der Waals surface area contributed by atoms with E-state index in [9.17, 15) is 0 Å². The van der Waals surface area contributed by atoms with E-state index in [1.165, 1.54) is 0 Å². The Morgan fingerprint density at radius 1 is 1.23 bits per heavy atom. The highest BCUT2D eigenvalue weighted by Crippen LogP contribution is 2.23. The second-order valence-electron chi connectivity index (χ2n) is 3.88. The van der Waals surface area contributed by atoms with Crippen molar-refractivity contribution in [2.45, 2.75) is 26.8 Å². The van der Waals surface area contributed by atoms with Gasteiger partial charge >= 0.3 is 0 Å². The lowest BCUT2D eigenvalue weighted by Gasteiger charge is -2.22. The Bertz CT molecular complexity index is 244. The molecule has 2 nitrogen and oxygen atoms in total. The lowest BCUT2D eigenvalue weighted by molar-refractivity contribution is 0.347. The Morgan fingerprint density at radius 3 is 2.38 bits per heavy atom. The van der Waals surface area contributed by atoms with Crippen LogP contribution >= 0.6 is 0 Å². The van der Waals surface area contributed by atoms with Gasteiger partial charge in [-0.1, -0.05) is 26.8 Å². The van der Waals surface area contributed by atoms with Crippen molar-refractivity contribution >= 4 is 0 Å². The summed E-state index contributed by atoms with van der Waals surface area (Å²) >= 11 is 0. The monoisotopic (exact) mass is 178 g/mol. The van der Waals surface area contributed by atoms with E-state index < -0.39 is 0 Å². The minimum atomic E-state index is 0.0567. The van der Waals surface area contributed by atoms with Gasteiger partial charge in [0.2, 0.25) is 0 Å². The third kappa shape index (κ3) is 2.52. The molecule has 2 atom stereocenters. The molecule has 0 saturated heterocycles. The van der Waals surface area contributed by atoms with E-state index >= 15 is 0 Å². The van der Waals surface area contributed by atoms with E-state index in [0.717, 1.165) is 5.69 Å². The van der Waals surface area contributed by atoms with Crippen LogP contribution in [0.3, 0.4) is 0 Å². The van der Waals surface area contributed by atoms with E-state index in [4.69, 9.17) is 5.73 Å². The average Bonchev–Trinajstić information content (AvgIpc) is 2.17. The van der Waals surface area contributed by atoms with E-state index in [-0.39, 0.29) is 6.04 Å². The fraction of sp³-hybridized carbons (Fsp3) is 0.545. The molecular formula is C11H18N2. The lowest BCUT2D eigenvalue weighted by Crippen LogP contribution is -2.23. The van der Waals surface area contributed by atoms with Gasteiger partial charge in [0.05, 0.1) is 5.69 Å². The maximum Gasteiger partial charge on any atom is 0.0573 e. The molecule has 2 unspecified atom stereocenters. The molecule has 0 aromatic carbocycles. The molecular weight excluding hydrogens is 160 g/mol. The van der Waals surface area contributed by atoms with Crippen LogP contribution in [0.5, 0.6) is 0 Å². The van der Waals surface area contributed by atoms with Crippen molar-refractivity contribution in [2.75, 3.05) is 0 Å². The van der Waals surface area contributed by atoms with Crippen LogP contribution in [0.15, 0.2) is 24.4 Å². The molecule has 0 aliphatic carbocycles. The molecule has 1 aromatic heterocycles. The van der Waals surface area contributed by atoms with Crippen LogP contribution in [-0.2, 0) is 0 Å². The normalized spacial score (nSPS) is 15.8. The van der Waals surface area contributed by atoms with Gasteiger partial charge in [0.1, 0.15) is 0 Å². The summed E-state index contributed by atoms with van der Waals surface area (Å²) in [6.45, 7) is 6.55. The number of hydrogen-bond donors (Lipinski definition) is 1. The molecule has 0 fully saturated rings. The SMILES string of the molecule is CC(C)C(C)C(N)c1ccccn1. The minimum absolute atomic E-state index is 0.0567. The Morgan fingerprint density at radius 2 is 1.92 bits per heavy atom. The molecule has 0 saturated carbocycles. The molecule has 1 heterocycles. The molecule has 0 bridgehead atoms. The first-order valence-corrected chi connectivity index (χ1v) is 4.79. The first-order chi connectivity index (χ1) is 6.13. The van der Waals surface area contributed by atoms with Crippen molar-refractivity contribution in [3.05, 3.63) is 30.1 Å². The first-order valence-electron chi connectivity index (χ1n) is 4.79. The number of nitrogens with zero attached hydrogens (tertiary/aromatic N) is 1. The molecule has 0 spiro atoms. The zero-order valence-electron chi connectivity index (χ0n) is 8.57. The average molecular weight is 178 g/mol. The van der Waals surface area contributed by atoms with Gasteiger partial charge in [-0.15, -0.1) is 0 Å². The van der Waals surface area contributed by atoms with E-state index in [0.29, 0.717) is 11.8 Å². The van der Waals surface area contributed by atoms with Crippen molar-refractivity contribution in [1.29, 1.82) is 0 Å². The molecule has 1 rings (SSSR count).